The summed E-state index contributed by atoms with van der Waals surface area (Å²) in [6.07, 6.45) is 0. The van der Waals surface area contributed by atoms with E-state index in [2.05, 4.69) is 33.0 Å². The molecule has 3 heteroatoms. The van der Waals surface area contributed by atoms with Gasteiger partial charge < -0.3 is 10.4 Å². The fourth-order valence-corrected chi connectivity index (χ4v) is 0.667. The summed E-state index contributed by atoms with van der Waals surface area (Å²) >= 11 is 0. The number of hydrogen-bond acceptors (Lipinski definition) is 2. The summed E-state index contributed by atoms with van der Waals surface area (Å²) in [5.41, 5.74) is 0. The lowest BCUT2D eigenvalue weighted by Gasteiger charge is -2.10. The van der Waals surface area contributed by atoms with Gasteiger partial charge in [0, 0.05) is 12.1 Å². The van der Waals surface area contributed by atoms with Crippen molar-refractivity contribution in [1.82, 2.24) is 5.32 Å². The van der Waals surface area contributed by atoms with Crippen LogP contribution in [0.2, 0.25) is 0 Å². The zero-order chi connectivity index (χ0) is 8.57. The van der Waals surface area contributed by atoms with E-state index in [9.17, 15) is 0 Å². The molecule has 0 unspecified atom stereocenters. The van der Waals surface area contributed by atoms with Crippen LogP contribution in [0.4, 0.5) is 0 Å². The minimum absolute atomic E-state index is 0.250. The predicted octanol–water partition coefficient (Wildman–Crippen LogP) is 1.09. The number of carboxylic acid groups (broad SMARTS) is 1. The van der Waals surface area contributed by atoms with Crippen LogP contribution in [0, 0.1) is 0 Å². The molecule has 0 saturated heterocycles. The van der Waals surface area contributed by atoms with Crippen LogP contribution in [0.1, 0.15) is 27.7 Å². The molecule has 0 bridgehead atoms. The molecular formula is C7H17NO2. The van der Waals surface area contributed by atoms with Crippen LogP contribution in [0.5, 0.6) is 0 Å². The molecule has 0 aliphatic heterocycles. The highest BCUT2D eigenvalue weighted by atomic mass is 16.3. The van der Waals surface area contributed by atoms with Crippen molar-refractivity contribution in [1.29, 1.82) is 0 Å². The molecule has 0 amide bonds. The minimum atomic E-state index is -0.250. The maximum Gasteiger partial charge on any atom is 0.290 e. The standard InChI is InChI=1S/C6H15N.CH2O2/c1-5(2)7-6(3)4;2-1-3/h5-7H,1-4H3;1H,(H,2,3). The summed E-state index contributed by atoms with van der Waals surface area (Å²) in [5, 5.41) is 10.2. The third kappa shape index (κ3) is 26.1. The molecule has 62 valence electrons. The molecular weight excluding hydrogens is 130 g/mol. The van der Waals surface area contributed by atoms with Crippen LogP contribution in [-0.2, 0) is 4.79 Å². The Balaban J connectivity index is 0. The molecule has 0 aromatic heterocycles. The topological polar surface area (TPSA) is 49.3 Å². The number of carbonyl (C=O) groups is 1. The number of rotatable bonds is 2. The Labute approximate surface area is 62.4 Å². The van der Waals surface area contributed by atoms with E-state index in [0.717, 1.165) is 0 Å². The van der Waals surface area contributed by atoms with E-state index < -0.39 is 0 Å². The van der Waals surface area contributed by atoms with Gasteiger partial charge in [0.15, 0.2) is 0 Å². The second kappa shape index (κ2) is 8.43. The first-order valence-corrected chi connectivity index (χ1v) is 3.38. The predicted molar refractivity (Wildman–Crippen MR) is 42.1 cm³/mol. The van der Waals surface area contributed by atoms with Crippen molar-refractivity contribution < 1.29 is 9.90 Å². The van der Waals surface area contributed by atoms with Crippen LogP contribution in [0.25, 0.3) is 0 Å². The quantitative estimate of drug-likeness (QED) is 0.575. The zero-order valence-corrected chi connectivity index (χ0v) is 7.09. The second-order valence-electron chi connectivity index (χ2n) is 2.58. The third-order valence-corrected chi connectivity index (χ3v) is 0.667. The van der Waals surface area contributed by atoms with Gasteiger partial charge in [-0.1, -0.05) is 27.7 Å². The molecule has 0 fully saturated rings. The van der Waals surface area contributed by atoms with Gasteiger partial charge in [-0.15, -0.1) is 0 Å². The van der Waals surface area contributed by atoms with Crippen LogP contribution in [-0.4, -0.2) is 23.7 Å². The minimum Gasteiger partial charge on any atom is -0.483 e. The largest absolute Gasteiger partial charge is 0.483 e. The Kier molecular flexibility index (Phi) is 10.2. The lowest BCUT2D eigenvalue weighted by Crippen LogP contribution is -2.29. The van der Waals surface area contributed by atoms with Crippen molar-refractivity contribution in [3.63, 3.8) is 0 Å². The van der Waals surface area contributed by atoms with Crippen molar-refractivity contribution in [3.05, 3.63) is 0 Å². The molecule has 0 aromatic carbocycles. The van der Waals surface area contributed by atoms with E-state index in [1.165, 1.54) is 0 Å². The Morgan fingerprint density at radius 2 is 1.40 bits per heavy atom. The van der Waals surface area contributed by atoms with E-state index in [1.807, 2.05) is 0 Å². The molecule has 0 rings (SSSR count). The number of nitrogens with one attached hydrogen (secondary N) is 1. The average Bonchev–Trinajstić information content (AvgIpc) is 1.62. The third-order valence-electron chi connectivity index (χ3n) is 0.667. The van der Waals surface area contributed by atoms with E-state index in [-0.39, 0.29) is 6.47 Å². The van der Waals surface area contributed by atoms with Crippen molar-refractivity contribution in [2.45, 2.75) is 39.8 Å². The summed E-state index contributed by atoms with van der Waals surface area (Å²) in [6.45, 7) is 8.36. The summed E-state index contributed by atoms with van der Waals surface area (Å²) < 4.78 is 0. The molecule has 3 nitrogen and oxygen atoms in total. The highest BCUT2D eigenvalue weighted by molar-refractivity contribution is 5.32. The van der Waals surface area contributed by atoms with Crippen molar-refractivity contribution >= 4 is 6.47 Å². The first kappa shape index (κ1) is 12.1. The van der Waals surface area contributed by atoms with Crippen molar-refractivity contribution in [2.75, 3.05) is 0 Å². The maximum atomic E-state index is 8.36. The molecule has 10 heavy (non-hydrogen) atoms. The molecule has 0 spiro atoms. The van der Waals surface area contributed by atoms with Crippen LogP contribution < -0.4 is 5.32 Å². The zero-order valence-electron chi connectivity index (χ0n) is 7.09. The molecule has 0 aliphatic carbocycles. The van der Waals surface area contributed by atoms with Gasteiger partial charge in [0.25, 0.3) is 6.47 Å². The first-order chi connectivity index (χ1) is 4.54. The molecule has 0 atom stereocenters. The summed E-state index contributed by atoms with van der Waals surface area (Å²) in [5.74, 6) is 0. The fraction of sp³-hybridized carbons (Fsp3) is 0.857. The van der Waals surface area contributed by atoms with Crippen LogP contribution in [0.3, 0.4) is 0 Å². The Morgan fingerprint density at radius 1 is 1.20 bits per heavy atom. The molecule has 0 saturated carbocycles. The molecule has 0 heterocycles. The van der Waals surface area contributed by atoms with E-state index >= 15 is 0 Å². The van der Waals surface area contributed by atoms with Gasteiger partial charge in [-0.25, -0.2) is 0 Å². The number of hydrogen-bond donors (Lipinski definition) is 2. The SMILES string of the molecule is CC(C)NC(C)C.O=CO. The molecule has 0 aromatic rings. The van der Waals surface area contributed by atoms with Gasteiger partial charge in [0.1, 0.15) is 0 Å². The second-order valence-corrected chi connectivity index (χ2v) is 2.58. The Morgan fingerprint density at radius 3 is 1.40 bits per heavy atom. The van der Waals surface area contributed by atoms with Gasteiger partial charge in [0.05, 0.1) is 0 Å². The lowest BCUT2D eigenvalue weighted by atomic mass is 10.3. The molecule has 0 aliphatic rings. The van der Waals surface area contributed by atoms with Crippen molar-refractivity contribution in [2.24, 2.45) is 0 Å². The normalized spacial score (nSPS) is 9.00. The van der Waals surface area contributed by atoms with Gasteiger partial charge in [0.2, 0.25) is 0 Å². The smallest absolute Gasteiger partial charge is 0.290 e. The van der Waals surface area contributed by atoms with Gasteiger partial charge >= 0.3 is 0 Å². The van der Waals surface area contributed by atoms with E-state index in [4.69, 9.17) is 9.90 Å². The highest BCUT2D eigenvalue weighted by Gasteiger charge is 1.92. The van der Waals surface area contributed by atoms with Crippen LogP contribution >= 0.6 is 0 Å². The van der Waals surface area contributed by atoms with Gasteiger partial charge in [-0.3, -0.25) is 4.79 Å². The van der Waals surface area contributed by atoms with E-state index in [0.29, 0.717) is 12.1 Å². The fourth-order valence-electron chi connectivity index (χ4n) is 0.667. The highest BCUT2D eigenvalue weighted by Crippen LogP contribution is 1.80. The Bertz CT molecular complexity index is 66.0. The van der Waals surface area contributed by atoms with Crippen LogP contribution in [0.15, 0.2) is 0 Å². The molecule has 2 N–H and O–H groups in total. The van der Waals surface area contributed by atoms with E-state index in [1.54, 1.807) is 0 Å². The Hall–Kier alpha value is -0.570. The maximum absolute atomic E-state index is 8.36. The summed E-state index contributed by atoms with van der Waals surface area (Å²) in [6, 6.07) is 1.25. The van der Waals surface area contributed by atoms with Gasteiger partial charge in [-0.05, 0) is 0 Å². The monoisotopic (exact) mass is 147 g/mol. The molecule has 0 radical (unpaired) electrons. The first-order valence-electron chi connectivity index (χ1n) is 3.38. The lowest BCUT2D eigenvalue weighted by molar-refractivity contribution is -0.122. The summed E-state index contributed by atoms with van der Waals surface area (Å²) in [4.78, 5) is 8.36. The summed E-state index contributed by atoms with van der Waals surface area (Å²) in [7, 11) is 0. The average molecular weight is 147 g/mol. The van der Waals surface area contributed by atoms with Crippen molar-refractivity contribution in [3.8, 4) is 0 Å². The van der Waals surface area contributed by atoms with Gasteiger partial charge in [-0.2, -0.15) is 0 Å².